The lowest BCUT2D eigenvalue weighted by atomic mass is 10.1. The fourth-order valence-electron chi connectivity index (χ4n) is 2.61. The van der Waals surface area contributed by atoms with Gasteiger partial charge < -0.3 is 15.0 Å². The molecule has 3 rings (SSSR count). The largest absolute Gasteiger partial charge is 0.484 e. The summed E-state index contributed by atoms with van der Waals surface area (Å²) in [5.41, 5.74) is 0.882. The first-order valence-corrected chi connectivity index (χ1v) is 9.10. The maximum Gasteiger partial charge on any atom is 0.263 e. The van der Waals surface area contributed by atoms with Gasteiger partial charge in [-0.1, -0.05) is 36.1 Å². The van der Waals surface area contributed by atoms with E-state index in [1.807, 2.05) is 17.0 Å². The maximum atomic E-state index is 12.1. The molecule has 2 amide bonds. The van der Waals surface area contributed by atoms with E-state index in [-0.39, 0.29) is 18.4 Å². The van der Waals surface area contributed by atoms with Gasteiger partial charge >= 0.3 is 0 Å². The van der Waals surface area contributed by atoms with Gasteiger partial charge in [0.15, 0.2) is 6.61 Å². The molecule has 2 aliphatic rings. The third-order valence-electron chi connectivity index (χ3n) is 3.89. The van der Waals surface area contributed by atoms with Crippen molar-refractivity contribution in [3.05, 3.63) is 34.7 Å². The van der Waals surface area contributed by atoms with Crippen LogP contribution in [0.3, 0.4) is 0 Å². The Bertz CT molecular complexity index is 680. The van der Waals surface area contributed by atoms with Gasteiger partial charge in [-0.15, -0.1) is 0 Å². The maximum absolute atomic E-state index is 12.1. The van der Waals surface area contributed by atoms with Crippen LogP contribution in [0.4, 0.5) is 0 Å². The van der Waals surface area contributed by atoms with E-state index in [1.165, 1.54) is 18.2 Å². The van der Waals surface area contributed by atoms with E-state index in [0.717, 1.165) is 31.5 Å². The highest BCUT2D eigenvalue weighted by molar-refractivity contribution is 8.26. The molecule has 2 fully saturated rings. The number of hydrogen-bond acceptors (Lipinski definition) is 5. The number of ether oxygens (including phenoxy) is 1. The average Bonchev–Trinajstić information content (AvgIpc) is 2.92. The first-order valence-electron chi connectivity index (χ1n) is 7.87. The Labute approximate surface area is 150 Å². The molecule has 5 nitrogen and oxygen atoms in total. The monoisotopic (exact) mass is 362 g/mol. The third kappa shape index (κ3) is 4.36. The molecule has 0 spiro atoms. The standard InChI is InChI=1S/C17H18N2O3S2/c20-15(19-8-2-1-3-9-19)11-22-13-6-4-12(5-7-13)10-14-16(21)18-17(23)24-14/h4-7,10H,1-3,8-9,11H2,(H,18,21,23)/b14-10-. The van der Waals surface area contributed by atoms with Crippen LogP contribution in [0.1, 0.15) is 24.8 Å². The van der Waals surface area contributed by atoms with Crippen molar-refractivity contribution in [1.29, 1.82) is 0 Å². The fraction of sp³-hybridized carbons (Fsp3) is 0.353. The van der Waals surface area contributed by atoms with Crippen LogP contribution in [-0.2, 0) is 9.59 Å². The topological polar surface area (TPSA) is 58.6 Å². The van der Waals surface area contributed by atoms with Crippen LogP contribution in [0, 0.1) is 0 Å². The molecule has 2 heterocycles. The zero-order valence-electron chi connectivity index (χ0n) is 13.1. The zero-order chi connectivity index (χ0) is 16.9. The highest BCUT2D eigenvalue weighted by Crippen LogP contribution is 2.26. The van der Waals surface area contributed by atoms with Gasteiger partial charge in [-0.2, -0.15) is 0 Å². The minimum Gasteiger partial charge on any atom is -0.484 e. The number of carbonyl (C=O) groups excluding carboxylic acids is 2. The number of hydrogen-bond donors (Lipinski definition) is 1. The van der Waals surface area contributed by atoms with Crippen molar-refractivity contribution in [2.75, 3.05) is 19.7 Å². The van der Waals surface area contributed by atoms with E-state index >= 15 is 0 Å². The lowest BCUT2D eigenvalue weighted by Crippen LogP contribution is -2.38. The summed E-state index contributed by atoms with van der Waals surface area (Å²) in [6.45, 7) is 1.72. The highest BCUT2D eigenvalue weighted by atomic mass is 32.2. The number of thioether (sulfide) groups is 1. The van der Waals surface area contributed by atoms with Crippen molar-refractivity contribution in [2.45, 2.75) is 19.3 Å². The van der Waals surface area contributed by atoms with Crippen LogP contribution >= 0.6 is 24.0 Å². The molecule has 1 aromatic carbocycles. The molecular formula is C17H18N2O3S2. The summed E-state index contributed by atoms with van der Waals surface area (Å²) in [6, 6.07) is 7.29. The summed E-state index contributed by atoms with van der Waals surface area (Å²) in [5, 5.41) is 2.58. The van der Waals surface area contributed by atoms with Crippen molar-refractivity contribution >= 4 is 46.2 Å². The minimum absolute atomic E-state index is 0.0356. The average molecular weight is 362 g/mol. The molecule has 2 aliphatic heterocycles. The van der Waals surface area contributed by atoms with Crippen molar-refractivity contribution in [1.82, 2.24) is 10.2 Å². The number of piperidine rings is 1. The summed E-state index contributed by atoms with van der Waals surface area (Å²) >= 11 is 6.21. The predicted molar refractivity (Wildman–Crippen MR) is 98.7 cm³/mol. The molecule has 0 radical (unpaired) electrons. The molecular weight excluding hydrogens is 344 g/mol. The van der Waals surface area contributed by atoms with Crippen LogP contribution in [0.25, 0.3) is 6.08 Å². The van der Waals surface area contributed by atoms with Gasteiger partial charge in [0.2, 0.25) is 0 Å². The van der Waals surface area contributed by atoms with Crippen molar-refractivity contribution < 1.29 is 14.3 Å². The number of thiocarbonyl (C=S) groups is 1. The SMILES string of the molecule is O=C1NC(=S)S/C1=C\c1ccc(OCC(=O)N2CCCCC2)cc1. The van der Waals surface area contributed by atoms with Crippen LogP contribution in [0.5, 0.6) is 5.75 Å². The second-order valence-electron chi connectivity index (χ2n) is 5.65. The number of nitrogens with zero attached hydrogens (tertiary/aromatic N) is 1. The van der Waals surface area contributed by atoms with E-state index in [0.29, 0.717) is 15.0 Å². The number of benzene rings is 1. The van der Waals surface area contributed by atoms with Crippen molar-refractivity contribution in [2.24, 2.45) is 0 Å². The summed E-state index contributed by atoms with van der Waals surface area (Å²) < 4.78 is 6.04. The molecule has 126 valence electrons. The summed E-state index contributed by atoms with van der Waals surface area (Å²) in [6.07, 6.45) is 5.12. The Balaban J connectivity index is 1.55. The second-order valence-corrected chi connectivity index (χ2v) is 7.37. The fourth-order valence-corrected chi connectivity index (χ4v) is 3.66. The van der Waals surface area contributed by atoms with Crippen LogP contribution in [0.2, 0.25) is 0 Å². The summed E-state index contributed by atoms with van der Waals surface area (Å²) in [4.78, 5) is 26.1. The number of nitrogens with one attached hydrogen (secondary N) is 1. The molecule has 0 bridgehead atoms. The van der Waals surface area contributed by atoms with Gasteiger partial charge in [0.1, 0.15) is 10.1 Å². The Hall–Kier alpha value is -1.86. The molecule has 7 heteroatoms. The minimum atomic E-state index is -0.169. The molecule has 0 aliphatic carbocycles. The van der Waals surface area contributed by atoms with E-state index in [2.05, 4.69) is 5.32 Å². The summed E-state index contributed by atoms with van der Waals surface area (Å²) in [5.74, 6) is 0.507. The number of amides is 2. The molecule has 0 unspecified atom stereocenters. The molecule has 2 saturated heterocycles. The third-order valence-corrected chi connectivity index (χ3v) is 5.05. The Kier molecular flexibility index (Phi) is 5.52. The van der Waals surface area contributed by atoms with E-state index in [1.54, 1.807) is 18.2 Å². The van der Waals surface area contributed by atoms with Crippen molar-refractivity contribution in [3.8, 4) is 5.75 Å². The van der Waals surface area contributed by atoms with E-state index in [4.69, 9.17) is 17.0 Å². The summed E-state index contributed by atoms with van der Waals surface area (Å²) in [7, 11) is 0. The molecule has 1 N–H and O–H groups in total. The van der Waals surface area contributed by atoms with Gasteiger partial charge in [0, 0.05) is 13.1 Å². The molecule has 0 saturated carbocycles. The first-order chi connectivity index (χ1) is 11.6. The van der Waals surface area contributed by atoms with E-state index < -0.39 is 0 Å². The number of rotatable bonds is 4. The Morgan fingerprint density at radius 2 is 1.96 bits per heavy atom. The highest BCUT2D eigenvalue weighted by Gasteiger charge is 2.21. The lowest BCUT2D eigenvalue weighted by molar-refractivity contribution is -0.134. The normalized spacial score (nSPS) is 19.5. The van der Waals surface area contributed by atoms with Crippen LogP contribution in [-0.4, -0.2) is 40.7 Å². The number of carbonyl (C=O) groups is 2. The Morgan fingerprint density at radius 1 is 1.25 bits per heavy atom. The quantitative estimate of drug-likeness (QED) is 0.659. The van der Waals surface area contributed by atoms with Gasteiger partial charge in [-0.3, -0.25) is 9.59 Å². The molecule has 24 heavy (non-hydrogen) atoms. The van der Waals surface area contributed by atoms with Gasteiger partial charge in [0.05, 0.1) is 4.91 Å². The Morgan fingerprint density at radius 3 is 2.58 bits per heavy atom. The van der Waals surface area contributed by atoms with Gasteiger partial charge in [0.25, 0.3) is 11.8 Å². The molecule has 1 aromatic rings. The first kappa shape index (κ1) is 17.0. The van der Waals surface area contributed by atoms with Crippen molar-refractivity contribution in [3.63, 3.8) is 0 Å². The molecule has 0 aromatic heterocycles. The molecule has 0 atom stereocenters. The lowest BCUT2D eigenvalue weighted by Gasteiger charge is -2.26. The second kappa shape index (κ2) is 7.81. The van der Waals surface area contributed by atoms with Gasteiger partial charge in [-0.05, 0) is 43.0 Å². The predicted octanol–water partition coefficient (Wildman–Crippen LogP) is 2.57. The van der Waals surface area contributed by atoms with E-state index in [9.17, 15) is 9.59 Å². The van der Waals surface area contributed by atoms with Gasteiger partial charge in [-0.25, -0.2) is 0 Å². The number of likely N-dealkylation sites (tertiary alicyclic amines) is 1. The smallest absolute Gasteiger partial charge is 0.263 e. The zero-order valence-corrected chi connectivity index (χ0v) is 14.8. The van der Waals surface area contributed by atoms with Crippen LogP contribution in [0.15, 0.2) is 29.2 Å². The van der Waals surface area contributed by atoms with Crippen LogP contribution < -0.4 is 10.1 Å².